The number of aromatic hydroxyl groups is 1. The molecule has 0 radical (unpaired) electrons. The molecule has 0 aliphatic rings. The van der Waals surface area contributed by atoms with Gasteiger partial charge in [0.1, 0.15) is 17.2 Å². The van der Waals surface area contributed by atoms with Gasteiger partial charge in [0.05, 0.1) is 19.1 Å². The molecule has 3 rings (SSSR count). The van der Waals surface area contributed by atoms with Crippen LogP contribution in [0.4, 0.5) is 10.5 Å². The molecule has 1 atom stereocenters. The van der Waals surface area contributed by atoms with Gasteiger partial charge in [-0.2, -0.15) is 0 Å². The van der Waals surface area contributed by atoms with Crippen molar-refractivity contribution in [1.82, 2.24) is 9.88 Å². The van der Waals surface area contributed by atoms with Gasteiger partial charge in [-0.15, -0.1) is 0 Å². The van der Waals surface area contributed by atoms with E-state index in [1.807, 2.05) is 31.2 Å². The summed E-state index contributed by atoms with van der Waals surface area (Å²) in [6, 6.07) is 14.3. The maximum absolute atomic E-state index is 12.6. The van der Waals surface area contributed by atoms with Gasteiger partial charge in [0.2, 0.25) is 0 Å². The SMILES string of the molecule is CCOC(=O)C[C@H](NC(=O)Nc1c(O)ccn(C)c1=O)c1ccc(Oc2ccc(C)cc2)cc1. The van der Waals surface area contributed by atoms with E-state index in [0.717, 1.165) is 5.56 Å². The van der Waals surface area contributed by atoms with E-state index in [0.29, 0.717) is 17.1 Å². The lowest BCUT2D eigenvalue weighted by atomic mass is 10.0. The number of pyridine rings is 1. The van der Waals surface area contributed by atoms with Crippen LogP contribution >= 0.6 is 0 Å². The largest absolute Gasteiger partial charge is 0.505 e. The molecule has 3 aromatic rings. The lowest BCUT2D eigenvalue weighted by molar-refractivity contribution is -0.143. The van der Waals surface area contributed by atoms with Crippen molar-refractivity contribution in [2.75, 3.05) is 11.9 Å². The molecule has 34 heavy (non-hydrogen) atoms. The fraction of sp³-hybridized carbons (Fsp3) is 0.240. The quantitative estimate of drug-likeness (QED) is 0.433. The standard InChI is InChI=1S/C25H27N3O6/c1-4-33-22(30)15-20(26-25(32)27-23-21(29)13-14-28(3)24(23)31)17-7-11-19(12-8-17)34-18-9-5-16(2)6-10-18/h5-14,20,29H,4,15H2,1-3H3,(H2,26,27,32)/t20-/m0/s1. The number of ether oxygens (including phenoxy) is 2. The van der Waals surface area contributed by atoms with Crippen LogP contribution in [0.25, 0.3) is 0 Å². The van der Waals surface area contributed by atoms with Gasteiger partial charge in [0.15, 0.2) is 5.69 Å². The van der Waals surface area contributed by atoms with Crippen LogP contribution in [0.1, 0.15) is 30.5 Å². The number of hydrogen-bond acceptors (Lipinski definition) is 6. The monoisotopic (exact) mass is 465 g/mol. The molecular formula is C25H27N3O6. The van der Waals surface area contributed by atoms with Gasteiger partial charge in [-0.25, -0.2) is 4.79 Å². The summed E-state index contributed by atoms with van der Waals surface area (Å²) in [5.41, 5.74) is 0.911. The third-order valence-corrected chi connectivity index (χ3v) is 5.01. The lowest BCUT2D eigenvalue weighted by Gasteiger charge is -2.19. The first-order valence-electron chi connectivity index (χ1n) is 10.7. The number of anilines is 1. The molecule has 0 fully saturated rings. The Labute approximate surface area is 197 Å². The second-order valence-corrected chi connectivity index (χ2v) is 7.64. The molecule has 178 valence electrons. The Hall–Kier alpha value is -4.27. The zero-order valence-corrected chi connectivity index (χ0v) is 19.2. The average molecular weight is 466 g/mol. The second kappa shape index (κ2) is 11.0. The zero-order chi connectivity index (χ0) is 24.7. The summed E-state index contributed by atoms with van der Waals surface area (Å²) in [6.45, 7) is 3.88. The van der Waals surface area contributed by atoms with Crippen molar-refractivity contribution in [3.63, 3.8) is 0 Å². The molecule has 0 aliphatic heterocycles. The van der Waals surface area contributed by atoms with Gasteiger partial charge in [-0.1, -0.05) is 29.8 Å². The normalized spacial score (nSPS) is 11.4. The Balaban J connectivity index is 1.76. The predicted octanol–water partition coefficient (Wildman–Crippen LogP) is 4.01. The smallest absolute Gasteiger partial charge is 0.319 e. The molecule has 2 aromatic carbocycles. The van der Waals surface area contributed by atoms with Crippen LogP contribution in [0.2, 0.25) is 0 Å². The molecule has 0 saturated carbocycles. The van der Waals surface area contributed by atoms with Crippen molar-refractivity contribution in [2.24, 2.45) is 7.05 Å². The number of aromatic nitrogens is 1. The number of carbonyl (C=O) groups excluding carboxylic acids is 2. The van der Waals surface area contributed by atoms with E-state index >= 15 is 0 Å². The molecule has 0 spiro atoms. The first-order valence-corrected chi connectivity index (χ1v) is 10.7. The molecule has 0 unspecified atom stereocenters. The number of rotatable bonds is 8. The average Bonchev–Trinajstić information content (AvgIpc) is 2.81. The van der Waals surface area contributed by atoms with Crippen molar-refractivity contribution in [3.05, 3.63) is 82.3 Å². The molecule has 9 heteroatoms. The number of urea groups is 1. The number of nitrogens with zero attached hydrogens (tertiary/aromatic N) is 1. The van der Waals surface area contributed by atoms with Crippen molar-refractivity contribution < 1.29 is 24.2 Å². The maximum Gasteiger partial charge on any atom is 0.319 e. The van der Waals surface area contributed by atoms with Crippen LogP contribution in [-0.2, 0) is 16.6 Å². The van der Waals surface area contributed by atoms with Gasteiger partial charge >= 0.3 is 12.0 Å². The van der Waals surface area contributed by atoms with Gasteiger partial charge in [-0.3, -0.25) is 9.59 Å². The number of carbonyl (C=O) groups is 2. The van der Waals surface area contributed by atoms with Gasteiger partial charge < -0.3 is 29.8 Å². The summed E-state index contributed by atoms with van der Waals surface area (Å²) in [4.78, 5) is 37.0. The van der Waals surface area contributed by atoms with E-state index < -0.39 is 23.6 Å². The van der Waals surface area contributed by atoms with Crippen molar-refractivity contribution in [3.8, 4) is 17.2 Å². The van der Waals surface area contributed by atoms with Gasteiger partial charge in [-0.05, 0) is 49.7 Å². The Bertz CT molecular complexity index is 1200. The molecular weight excluding hydrogens is 438 g/mol. The molecule has 0 aliphatic carbocycles. The fourth-order valence-electron chi connectivity index (χ4n) is 3.19. The fourth-order valence-corrected chi connectivity index (χ4v) is 3.19. The second-order valence-electron chi connectivity index (χ2n) is 7.64. The summed E-state index contributed by atoms with van der Waals surface area (Å²) in [6.07, 6.45) is 1.25. The van der Waals surface area contributed by atoms with E-state index in [9.17, 15) is 19.5 Å². The summed E-state index contributed by atoms with van der Waals surface area (Å²) < 4.78 is 12.1. The third-order valence-electron chi connectivity index (χ3n) is 5.01. The first-order chi connectivity index (χ1) is 16.3. The summed E-state index contributed by atoms with van der Waals surface area (Å²) in [5.74, 6) is 0.414. The number of amides is 2. The summed E-state index contributed by atoms with van der Waals surface area (Å²) >= 11 is 0. The van der Waals surface area contributed by atoms with Gasteiger partial charge in [0, 0.05) is 13.2 Å². The highest BCUT2D eigenvalue weighted by atomic mass is 16.5. The Morgan fingerprint density at radius 1 is 1.03 bits per heavy atom. The van der Waals surface area contributed by atoms with Crippen LogP contribution in [0.15, 0.2) is 65.6 Å². The van der Waals surface area contributed by atoms with E-state index in [-0.39, 0.29) is 24.5 Å². The third kappa shape index (κ3) is 6.38. The van der Waals surface area contributed by atoms with Crippen LogP contribution < -0.4 is 20.9 Å². The van der Waals surface area contributed by atoms with Crippen LogP contribution in [-0.4, -0.2) is 28.3 Å². The Morgan fingerprint density at radius 3 is 2.26 bits per heavy atom. The first kappa shape index (κ1) is 24.4. The Morgan fingerprint density at radius 2 is 1.65 bits per heavy atom. The summed E-state index contributed by atoms with van der Waals surface area (Å²) in [7, 11) is 1.49. The zero-order valence-electron chi connectivity index (χ0n) is 19.2. The predicted molar refractivity (Wildman–Crippen MR) is 127 cm³/mol. The van der Waals surface area contributed by atoms with E-state index in [2.05, 4.69) is 10.6 Å². The number of aryl methyl sites for hydroxylation is 2. The van der Waals surface area contributed by atoms with E-state index in [4.69, 9.17) is 9.47 Å². The number of nitrogens with one attached hydrogen (secondary N) is 2. The van der Waals surface area contributed by atoms with E-state index in [1.165, 1.54) is 23.9 Å². The molecule has 0 bridgehead atoms. The molecule has 2 amide bonds. The highest BCUT2D eigenvalue weighted by molar-refractivity contribution is 5.91. The Kier molecular flexibility index (Phi) is 7.92. The van der Waals surface area contributed by atoms with E-state index in [1.54, 1.807) is 31.2 Å². The van der Waals surface area contributed by atoms with Crippen LogP contribution in [0.3, 0.4) is 0 Å². The van der Waals surface area contributed by atoms with Crippen LogP contribution in [0, 0.1) is 6.92 Å². The number of benzene rings is 2. The van der Waals surface area contributed by atoms with Crippen molar-refractivity contribution >= 4 is 17.7 Å². The van der Waals surface area contributed by atoms with Crippen molar-refractivity contribution in [2.45, 2.75) is 26.3 Å². The molecule has 9 nitrogen and oxygen atoms in total. The maximum atomic E-state index is 12.6. The summed E-state index contributed by atoms with van der Waals surface area (Å²) in [5, 5.41) is 15.0. The molecule has 1 aromatic heterocycles. The minimum Gasteiger partial charge on any atom is -0.505 e. The minimum absolute atomic E-state index is 0.127. The highest BCUT2D eigenvalue weighted by Gasteiger charge is 2.21. The van der Waals surface area contributed by atoms with Gasteiger partial charge in [0.25, 0.3) is 5.56 Å². The number of esters is 1. The lowest BCUT2D eigenvalue weighted by Crippen LogP contribution is -2.36. The highest BCUT2D eigenvalue weighted by Crippen LogP contribution is 2.25. The minimum atomic E-state index is -0.757. The topological polar surface area (TPSA) is 119 Å². The molecule has 1 heterocycles. The molecule has 0 saturated heterocycles. The number of hydrogen-bond donors (Lipinski definition) is 3. The molecule has 3 N–H and O–H groups in total. The van der Waals surface area contributed by atoms with Crippen molar-refractivity contribution in [1.29, 1.82) is 0 Å². The van der Waals surface area contributed by atoms with Crippen LogP contribution in [0.5, 0.6) is 17.2 Å².